The van der Waals surface area contributed by atoms with Crippen LogP contribution in [0.5, 0.6) is 0 Å². The number of hydrogen-bond donors (Lipinski definition) is 5. The predicted molar refractivity (Wildman–Crippen MR) is 162 cm³/mol. The van der Waals surface area contributed by atoms with Crippen LogP contribution in [0.15, 0.2) is 60.7 Å². The molecule has 43 heavy (non-hydrogen) atoms. The molecule has 2 fully saturated rings. The highest BCUT2D eigenvalue weighted by molar-refractivity contribution is 6.99. The Morgan fingerprint density at radius 2 is 1.53 bits per heavy atom. The molecule has 12 heteroatoms. The summed E-state index contributed by atoms with van der Waals surface area (Å²) in [5.41, 5.74) is 13.2. The van der Waals surface area contributed by atoms with E-state index >= 15 is 0 Å². The number of carbonyl (C=O) groups excluding carboxylic acids is 1. The highest BCUT2D eigenvalue weighted by Crippen LogP contribution is 2.40. The predicted octanol–water partition coefficient (Wildman–Crippen LogP) is -0.238. The molecule has 2 aliphatic rings. The third-order valence-corrected chi connectivity index (χ3v) is 13.5. The average molecular weight is 619 g/mol. The number of aliphatic hydroxyl groups is 3. The molecule has 4 rings (SSSR count). The topological polar surface area (TPSA) is 176 Å². The van der Waals surface area contributed by atoms with Crippen LogP contribution in [0.1, 0.15) is 33.6 Å². The van der Waals surface area contributed by atoms with Gasteiger partial charge in [0.1, 0.15) is 31.0 Å². The van der Waals surface area contributed by atoms with Crippen molar-refractivity contribution in [1.82, 2.24) is 0 Å². The molecular formula is C31H46N2O9Si. The second-order valence-corrected chi connectivity index (χ2v) is 16.6. The van der Waals surface area contributed by atoms with Gasteiger partial charge in [-0.1, -0.05) is 81.4 Å². The van der Waals surface area contributed by atoms with E-state index in [1.54, 1.807) is 0 Å². The Morgan fingerprint density at radius 1 is 0.953 bits per heavy atom. The van der Waals surface area contributed by atoms with Gasteiger partial charge in [-0.2, -0.15) is 0 Å². The Bertz CT molecular complexity index is 1130. The second-order valence-electron chi connectivity index (χ2n) is 12.3. The van der Waals surface area contributed by atoms with Crippen LogP contribution in [0, 0.1) is 0 Å². The molecule has 0 bridgehead atoms. The van der Waals surface area contributed by atoms with Crippen LogP contribution < -0.4 is 21.8 Å². The maximum Gasteiger partial charge on any atom is 0.331 e. The SMILES string of the molecule is COC(=O)CO[C@@H]1C(N)[C@H](O[C@@H]2[C@@H](O[Si](c3ccccc3)(c3ccccc3)C(C)(C)C)[C@H](N)CC[C@H]2O)OC(CO)[C@@H]1O. The summed E-state index contributed by atoms with van der Waals surface area (Å²) in [5, 5.41) is 33.8. The number of carbonyl (C=O) groups is 1. The van der Waals surface area contributed by atoms with Gasteiger partial charge in [0.05, 0.1) is 32.0 Å². The van der Waals surface area contributed by atoms with Crippen LogP contribution >= 0.6 is 0 Å². The Kier molecular flexibility index (Phi) is 11.2. The summed E-state index contributed by atoms with van der Waals surface area (Å²) in [5.74, 6) is -0.656. The van der Waals surface area contributed by atoms with Crippen molar-refractivity contribution in [3.63, 3.8) is 0 Å². The molecule has 2 unspecified atom stereocenters. The first-order chi connectivity index (χ1) is 20.4. The van der Waals surface area contributed by atoms with Crippen LogP contribution in [-0.2, 0) is 28.2 Å². The molecule has 0 radical (unpaired) electrons. The normalized spacial score (nSPS) is 31.9. The van der Waals surface area contributed by atoms with Crippen molar-refractivity contribution in [2.24, 2.45) is 11.5 Å². The van der Waals surface area contributed by atoms with Crippen LogP contribution in [0.3, 0.4) is 0 Å². The first-order valence-electron chi connectivity index (χ1n) is 14.7. The summed E-state index contributed by atoms with van der Waals surface area (Å²) in [6.07, 6.45) is -6.62. The maximum absolute atomic E-state index is 11.7. The summed E-state index contributed by atoms with van der Waals surface area (Å²) >= 11 is 0. The molecule has 9 atom stereocenters. The number of benzene rings is 2. The molecule has 2 aromatic rings. The third kappa shape index (κ3) is 7.04. The third-order valence-electron chi connectivity index (χ3n) is 8.46. The lowest BCUT2D eigenvalue weighted by Gasteiger charge is -2.51. The molecule has 1 aliphatic carbocycles. The number of nitrogens with two attached hydrogens (primary N) is 2. The number of aliphatic hydroxyl groups excluding tert-OH is 3. The van der Waals surface area contributed by atoms with Crippen molar-refractivity contribution in [2.45, 2.75) is 93.6 Å². The van der Waals surface area contributed by atoms with Crippen molar-refractivity contribution >= 4 is 24.7 Å². The lowest BCUT2D eigenvalue weighted by Crippen LogP contribution is -2.72. The number of rotatable bonds is 10. The first kappa shape index (κ1) is 33.7. The Morgan fingerprint density at radius 3 is 2.05 bits per heavy atom. The molecule has 2 aromatic carbocycles. The van der Waals surface area contributed by atoms with Gasteiger partial charge in [-0.3, -0.25) is 0 Å². The Hall–Kier alpha value is -2.23. The fourth-order valence-corrected chi connectivity index (χ4v) is 10.9. The van der Waals surface area contributed by atoms with Gasteiger partial charge in [-0.25, -0.2) is 4.79 Å². The zero-order chi connectivity index (χ0) is 31.4. The summed E-state index contributed by atoms with van der Waals surface area (Å²) < 4.78 is 29.9. The fourth-order valence-electron chi connectivity index (χ4n) is 6.17. The van der Waals surface area contributed by atoms with Gasteiger partial charge >= 0.3 is 5.97 Å². The summed E-state index contributed by atoms with van der Waals surface area (Å²) in [6.45, 7) is 5.43. The van der Waals surface area contributed by atoms with Crippen molar-refractivity contribution in [2.75, 3.05) is 20.3 Å². The van der Waals surface area contributed by atoms with E-state index in [9.17, 15) is 20.1 Å². The molecule has 0 amide bonds. The smallest absolute Gasteiger partial charge is 0.331 e. The minimum absolute atomic E-state index is 0.362. The van der Waals surface area contributed by atoms with Crippen LogP contribution in [-0.4, -0.2) is 105 Å². The van der Waals surface area contributed by atoms with Gasteiger partial charge in [-0.15, -0.1) is 0 Å². The van der Waals surface area contributed by atoms with E-state index in [-0.39, 0.29) is 5.04 Å². The molecule has 1 saturated carbocycles. The van der Waals surface area contributed by atoms with Crippen LogP contribution in [0.2, 0.25) is 5.04 Å². The van der Waals surface area contributed by atoms with E-state index in [4.69, 9.17) is 30.1 Å². The van der Waals surface area contributed by atoms with E-state index in [0.29, 0.717) is 12.8 Å². The Labute approximate surface area is 254 Å². The number of hydrogen-bond acceptors (Lipinski definition) is 11. The molecule has 1 saturated heterocycles. The maximum atomic E-state index is 11.7. The Balaban J connectivity index is 1.72. The molecule has 1 heterocycles. The average Bonchev–Trinajstić information content (AvgIpc) is 3.00. The minimum Gasteiger partial charge on any atom is -0.467 e. The molecule has 238 valence electrons. The standard InChI is InChI=1S/C31H46N2O9Si/c1-31(2,3)43(19-11-7-5-8-12-19,20-13-9-6-10-14-20)42-27-21(32)15-16-22(35)28(27)41-30-25(33)29(39-18-24(36)38-4)26(37)23(17-34)40-30/h5-14,21-23,25-30,34-35,37H,15-18,32-33H2,1-4H3/t21-,22-,23?,25?,26+,27+,28+,29-,30+/m1/s1. The first-order valence-corrected chi connectivity index (χ1v) is 16.6. The summed E-state index contributed by atoms with van der Waals surface area (Å²) in [4.78, 5) is 11.7. The monoisotopic (exact) mass is 618 g/mol. The van der Waals surface area contributed by atoms with Gasteiger partial charge in [0, 0.05) is 6.04 Å². The highest BCUT2D eigenvalue weighted by Gasteiger charge is 2.55. The number of esters is 1. The number of ether oxygens (including phenoxy) is 4. The lowest BCUT2D eigenvalue weighted by molar-refractivity contribution is -0.301. The van der Waals surface area contributed by atoms with Gasteiger partial charge in [0.2, 0.25) is 0 Å². The quantitative estimate of drug-likeness (QED) is 0.176. The van der Waals surface area contributed by atoms with Crippen molar-refractivity contribution in [1.29, 1.82) is 0 Å². The molecule has 7 N–H and O–H groups in total. The zero-order valence-corrected chi connectivity index (χ0v) is 26.2. The van der Waals surface area contributed by atoms with E-state index in [0.717, 1.165) is 10.4 Å². The molecule has 0 aromatic heterocycles. The van der Waals surface area contributed by atoms with E-state index < -0.39 is 82.5 Å². The van der Waals surface area contributed by atoms with Crippen molar-refractivity contribution in [3.05, 3.63) is 60.7 Å². The van der Waals surface area contributed by atoms with Crippen LogP contribution in [0.25, 0.3) is 0 Å². The summed E-state index contributed by atoms with van der Waals surface area (Å²) in [6, 6.07) is 18.6. The van der Waals surface area contributed by atoms with E-state index in [1.165, 1.54) is 7.11 Å². The second kappa shape index (κ2) is 14.2. The van der Waals surface area contributed by atoms with Gasteiger partial charge in [-0.05, 0) is 28.3 Å². The molecular weight excluding hydrogens is 572 g/mol. The molecule has 1 aliphatic heterocycles. The summed E-state index contributed by atoms with van der Waals surface area (Å²) in [7, 11) is -1.89. The zero-order valence-electron chi connectivity index (χ0n) is 25.2. The van der Waals surface area contributed by atoms with E-state index in [1.807, 2.05) is 36.4 Å². The fraction of sp³-hybridized carbons (Fsp3) is 0.581. The largest absolute Gasteiger partial charge is 0.467 e. The van der Waals surface area contributed by atoms with Crippen LogP contribution in [0.4, 0.5) is 0 Å². The van der Waals surface area contributed by atoms with Gasteiger partial charge < -0.3 is 50.2 Å². The highest BCUT2D eigenvalue weighted by atomic mass is 28.4. The van der Waals surface area contributed by atoms with E-state index in [2.05, 4.69) is 49.8 Å². The van der Waals surface area contributed by atoms with Gasteiger partial charge in [0.25, 0.3) is 8.32 Å². The number of methoxy groups -OCH3 is 1. The lowest BCUT2D eigenvalue weighted by atomic mass is 9.88. The van der Waals surface area contributed by atoms with Crippen molar-refractivity contribution in [3.8, 4) is 0 Å². The van der Waals surface area contributed by atoms with Gasteiger partial charge in [0.15, 0.2) is 6.29 Å². The van der Waals surface area contributed by atoms with Crippen molar-refractivity contribution < 1.29 is 43.5 Å². The molecule has 11 nitrogen and oxygen atoms in total. The molecule has 0 spiro atoms. The minimum atomic E-state index is -3.11.